The minimum atomic E-state index is -0.218. The maximum atomic E-state index is 11.3. The topological polar surface area (TPSA) is 29.1 Å². The molecular formula is C9H17NOS. The molecule has 0 saturated carbocycles. The predicted molar refractivity (Wildman–Crippen MR) is 55.4 cm³/mol. The molecule has 70 valence electrons. The van der Waals surface area contributed by atoms with E-state index in [1.165, 1.54) is 0 Å². The van der Waals surface area contributed by atoms with Crippen molar-refractivity contribution in [3.05, 3.63) is 12.2 Å². The number of amides is 1. The van der Waals surface area contributed by atoms with Crippen molar-refractivity contribution >= 4 is 18.5 Å². The number of thiol groups is 1. The fourth-order valence-electron chi connectivity index (χ4n) is 0.645. The molecule has 1 atom stereocenters. The van der Waals surface area contributed by atoms with Crippen LogP contribution in [0, 0.1) is 5.92 Å². The Morgan fingerprint density at radius 2 is 2.08 bits per heavy atom. The zero-order valence-corrected chi connectivity index (χ0v) is 8.82. The quantitative estimate of drug-likeness (QED) is 0.508. The average Bonchev–Trinajstić information content (AvgIpc) is 1.98. The van der Waals surface area contributed by atoms with E-state index in [1.54, 1.807) is 0 Å². The molecule has 0 fully saturated rings. The molecule has 0 aromatic carbocycles. The minimum absolute atomic E-state index is 0.0173. The van der Waals surface area contributed by atoms with E-state index < -0.39 is 0 Å². The highest BCUT2D eigenvalue weighted by Crippen LogP contribution is 2.08. The monoisotopic (exact) mass is 187 g/mol. The van der Waals surface area contributed by atoms with Crippen molar-refractivity contribution in [3.63, 3.8) is 0 Å². The van der Waals surface area contributed by atoms with Crippen molar-refractivity contribution in [1.29, 1.82) is 0 Å². The molecule has 0 spiro atoms. The van der Waals surface area contributed by atoms with Gasteiger partial charge in [0, 0.05) is 6.54 Å². The van der Waals surface area contributed by atoms with Crippen LogP contribution in [0.3, 0.4) is 0 Å². The molecule has 0 aliphatic carbocycles. The molecule has 0 aromatic rings. The first-order chi connectivity index (χ1) is 5.45. The third-order valence-electron chi connectivity index (χ3n) is 1.46. The molecule has 1 amide bonds. The third-order valence-corrected chi connectivity index (χ3v) is 2.30. The number of hydrogen-bond acceptors (Lipinski definition) is 2. The van der Waals surface area contributed by atoms with Crippen LogP contribution >= 0.6 is 12.6 Å². The summed E-state index contributed by atoms with van der Waals surface area (Å²) in [5.41, 5.74) is 0.952. The van der Waals surface area contributed by atoms with Gasteiger partial charge in [-0.05, 0) is 12.8 Å². The molecule has 0 aliphatic heterocycles. The van der Waals surface area contributed by atoms with Crippen molar-refractivity contribution < 1.29 is 4.79 Å². The standard InChI is InChI=1S/C9H17NOS/c1-6(2)5-10-9(11)8(12)7(3)4/h7-8,12H,1,5H2,2-4H3,(H,10,11). The molecular weight excluding hydrogens is 170 g/mol. The molecule has 0 heterocycles. The SMILES string of the molecule is C=C(C)CNC(=O)C(S)C(C)C. The summed E-state index contributed by atoms with van der Waals surface area (Å²) in [6, 6.07) is 0. The van der Waals surface area contributed by atoms with Crippen LogP contribution in [0.4, 0.5) is 0 Å². The first kappa shape index (κ1) is 11.6. The third kappa shape index (κ3) is 4.44. The van der Waals surface area contributed by atoms with Gasteiger partial charge in [0.05, 0.1) is 5.25 Å². The van der Waals surface area contributed by atoms with Crippen LogP contribution < -0.4 is 5.32 Å². The molecule has 2 nitrogen and oxygen atoms in total. The second-order valence-corrected chi connectivity index (χ2v) is 3.92. The lowest BCUT2D eigenvalue weighted by molar-refractivity contribution is -0.121. The van der Waals surface area contributed by atoms with Gasteiger partial charge in [-0.25, -0.2) is 0 Å². The molecule has 1 N–H and O–H groups in total. The van der Waals surface area contributed by atoms with E-state index >= 15 is 0 Å². The minimum Gasteiger partial charge on any atom is -0.351 e. The Kier molecular flexibility index (Phi) is 5.06. The second-order valence-electron chi connectivity index (χ2n) is 3.36. The maximum Gasteiger partial charge on any atom is 0.233 e. The van der Waals surface area contributed by atoms with Gasteiger partial charge in [-0.3, -0.25) is 4.79 Å². The summed E-state index contributed by atoms with van der Waals surface area (Å²) in [7, 11) is 0. The van der Waals surface area contributed by atoms with Gasteiger partial charge in [0.25, 0.3) is 0 Å². The van der Waals surface area contributed by atoms with Gasteiger partial charge in [0.2, 0.25) is 5.91 Å². The van der Waals surface area contributed by atoms with Crippen molar-refractivity contribution in [1.82, 2.24) is 5.32 Å². The average molecular weight is 187 g/mol. The Balaban J connectivity index is 3.80. The van der Waals surface area contributed by atoms with Crippen LogP contribution in [0.1, 0.15) is 20.8 Å². The van der Waals surface area contributed by atoms with Gasteiger partial charge in [0.1, 0.15) is 0 Å². The van der Waals surface area contributed by atoms with Gasteiger partial charge in [-0.15, -0.1) is 0 Å². The van der Waals surface area contributed by atoms with Crippen LogP contribution in [0.15, 0.2) is 12.2 Å². The van der Waals surface area contributed by atoms with Crippen molar-refractivity contribution in [2.24, 2.45) is 5.92 Å². The number of carbonyl (C=O) groups excluding carboxylic acids is 1. The number of hydrogen-bond donors (Lipinski definition) is 2. The molecule has 0 saturated heterocycles. The van der Waals surface area contributed by atoms with E-state index in [1.807, 2.05) is 20.8 Å². The van der Waals surface area contributed by atoms with Gasteiger partial charge < -0.3 is 5.32 Å². The van der Waals surface area contributed by atoms with Crippen LogP contribution in [-0.2, 0) is 4.79 Å². The lowest BCUT2D eigenvalue weighted by atomic mass is 10.1. The first-order valence-electron chi connectivity index (χ1n) is 4.05. The fourth-order valence-corrected chi connectivity index (χ4v) is 0.737. The highest BCUT2D eigenvalue weighted by molar-refractivity contribution is 7.81. The predicted octanol–water partition coefficient (Wildman–Crippen LogP) is 1.63. The molecule has 0 bridgehead atoms. The van der Waals surface area contributed by atoms with Crippen molar-refractivity contribution in [2.75, 3.05) is 6.54 Å². The van der Waals surface area contributed by atoms with E-state index in [-0.39, 0.29) is 17.1 Å². The van der Waals surface area contributed by atoms with Gasteiger partial charge in [0.15, 0.2) is 0 Å². The largest absolute Gasteiger partial charge is 0.351 e. The molecule has 0 aliphatic rings. The number of rotatable bonds is 4. The summed E-state index contributed by atoms with van der Waals surface area (Å²) in [6.07, 6.45) is 0. The van der Waals surface area contributed by atoms with Crippen LogP contribution in [-0.4, -0.2) is 17.7 Å². The molecule has 1 unspecified atom stereocenters. The molecule has 0 rings (SSSR count). The van der Waals surface area contributed by atoms with E-state index in [2.05, 4.69) is 24.5 Å². The molecule has 0 radical (unpaired) electrons. The first-order valence-corrected chi connectivity index (χ1v) is 4.57. The Morgan fingerprint density at radius 3 is 2.42 bits per heavy atom. The van der Waals surface area contributed by atoms with E-state index in [9.17, 15) is 4.79 Å². The van der Waals surface area contributed by atoms with E-state index in [0.717, 1.165) is 5.57 Å². The Bertz CT molecular complexity index is 177. The zero-order valence-electron chi connectivity index (χ0n) is 7.92. The fraction of sp³-hybridized carbons (Fsp3) is 0.667. The lowest BCUT2D eigenvalue weighted by Crippen LogP contribution is -2.35. The Labute approximate surface area is 79.8 Å². The number of carbonyl (C=O) groups is 1. The summed E-state index contributed by atoms with van der Waals surface area (Å²) < 4.78 is 0. The summed E-state index contributed by atoms with van der Waals surface area (Å²) in [5, 5.41) is 2.53. The molecule has 12 heavy (non-hydrogen) atoms. The summed E-state index contributed by atoms with van der Waals surface area (Å²) >= 11 is 4.18. The summed E-state index contributed by atoms with van der Waals surface area (Å²) in [6.45, 7) is 10.1. The van der Waals surface area contributed by atoms with Crippen molar-refractivity contribution in [3.8, 4) is 0 Å². The Morgan fingerprint density at radius 1 is 1.58 bits per heavy atom. The summed E-state index contributed by atoms with van der Waals surface area (Å²) in [5.74, 6) is 0.245. The van der Waals surface area contributed by atoms with Crippen LogP contribution in [0.5, 0.6) is 0 Å². The van der Waals surface area contributed by atoms with Crippen LogP contribution in [0.2, 0.25) is 0 Å². The highest BCUT2D eigenvalue weighted by Gasteiger charge is 2.16. The van der Waals surface area contributed by atoms with Gasteiger partial charge in [-0.2, -0.15) is 12.6 Å². The second kappa shape index (κ2) is 5.25. The van der Waals surface area contributed by atoms with Gasteiger partial charge in [-0.1, -0.05) is 26.0 Å². The number of nitrogens with one attached hydrogen (secondary N) is 1. The lowest BCUT2D eigenvalue weighted by Gasteiger charge is -2.14. The highest BCUT2D eigenvalue weighted by atomic mass is 32.1. The Hall–Kier alpha value is -0.440. The normalized spacial score (nSPS) is 12.8. The molecule has 0 aromatic heterocycles. The smallest absolute Gasteiger partial charge is 0.233 e. The maximum absolute atomic E-state index is 11.3. The summed E-state index contributed by atoms with van der Waals surface area (Å²) in [4.78, 5) is 11.3. The van der Waals surface area contributed by atoms with E-state index in [4.69, 9.17) is 0 Å². The van der Waals surface area contributed by atoms with Crippen molar-refractivity contribution in [2.45, 2.75) is 26.0 Å². The molecule has 3 heteroatoms. The van der Waals surface area contributed by atoms with Crippen LogP contribution in [0.25, 0.3) is 0 Å². The zero-order chi connectivity index (χ0) is 9.72. The van der Waals surface area contributed by atoms with Gasteiger partial charge >= 0.3 is 0 Å². The van der Waals surface area contributed by atoms with E-state index in [0.29, 0.717) is 6.54 Å².